The first kappa shape index (κ1) is 14.5. The van der Waals surface area contributed by atoms with Gasteiger partial charge in [0.25, 0.3) is 5.56 Å². The molecule has 0 amide bonds. The fraction of sp³-hybridized carbons (Fsp3) is 0.692. The van der Waals surface area contributed by atoms with E-state index in [0.29, 0.717) is 23.5 Å². The van der Waals surface area contributed by atoms with Gasteiger partial charge in [0.2, 0.25) is 0 Å². The summed E-state index contributed by atoms with van der Waals surface area (Å²) in [5, 5.41) is 7.54. The highest BCUT2D eigenvalue weighted by Crippen LogP contribution is 2.20. The van der Waals surface area contributed by atoms with Crippen LogP contribution in [0.25, 0.3) is 0 Å². The van der Waals surface area contributed by atoms with Gasteiger partial charge in [0.15, 0.2) is 0 Å². The zero-order valence-electron chi connectivity index (χ0n) is 11.4. The third-order valence-electron chi connectivity index (χ3n) is 3.04. The Morgan fingerprint density at radius 3 is 3.05 bits per heavy atom. The molecule has 1 atom stereocenters. The van der Waals surface area contributed by atoms with E-state index in [1.54, 1.807) is 6.20 Å². The molecule has 1 unspecified atom stereocenters. The van der Waals surface area contributed by atoms with Crippen molar-refractivity contribution in [2.75, 3.05) is 18.5 Å². The van der Waals surface area contributed by atoms with Crippen molar-refractivity contribution in [1.82, 2.24) is 9.78 Å². The molecule has 1 fully saturated rings. The molecule has 2 heterocycles. The molecule has 6 heteroatoms. The van der Waals surface area contributed by atoms with Crippen LogP contribution in [-0.2, 0) is 11.3 Å². The molecule has 1 aromatic rings. The maximum atomic E-state index is 12.1. The van der Waals surface area contributed by atoms with Crippen LogP contribution >= 0.6 is 15.9 Å². The first-order valence-electron chi connectivity index (χ1n) is 6.68. The number of nitrogens with one attached hydrogen (secondary N) is 1. The quantitative estimate of drug-likeness (QED) is 0.920. The number of hydrogen-bond acceptors (Lipinski definition) is 4. The monoisotopic (exact) mass is 329 g/mol. The number of halogens is 1. The van der Waals surface area contributed by atoms with Gasteiger partial charge in [0.1, 0.15) is 4.47 Å². The molecule has 1 saturated heterocycles. The average Bonchev–Trinajstić information content (AvgIpc) is 2.39. The van der Waals surface area contributed by atoms with Crippen molar-refractivity contribution in [3.8, 4) is 0 Å². The van der Waals surface area contributed by atoms with Gasteiger partial charge < -0.3 is 10.1 Å². The minimum absolute atomic E-state index is 0.0876. The molecule has 106 valence electrons. The summed E-state index contributed by atoms with van der Waals surface area (Å²) in [6.45, 7) is 6.26. The van der Waals surface area contributed by atoms with Crippen LogP contribution in [0.15, 0.2) is 15.5 Å². The molecule has 19 heavy (non-hydrogen) atoms. The lowest BCUT2D eigenvalue weighted by atomic mass is 10.1. The normalized spacial score (nSPS) is 19.7. The van der Waals surface area contributed by atoms with E-state index in [1.807, 2.05) is 0 Å². The lowest BCUT2D eigenvalue weighted by Gasteiger charge is -2.24. The Morgan fingerprint density at radius 2 is 2.42 bits per heavy atom. The van der Waals surface area contributed by atoms with Crippen LogP contribution in [0.1, 0.15) is 26.7 Å². The fourth-order valence-corrected chi connectivity index (χ4v) is 2.54. The Labute approximate surface area is 121 Å². The molecule has 0 saturated carbocycles. The smallest absolute Gasteiger partial charge is 0.283 e. The standard InChI is InChI=1S/C13H20BrN3O2/c1-9(2)7-17-13(18)12(14)11(6-15-17)16-10-4-3-5-19-8-10/h6,9-10,16H,3-5,7-8H2,1-2H3. The number of anilines is 1. The van der Waals surface area contributed by atoms with E-state index in [4.69, 9.17) is 4.74 Å². The average molecular weight is 330 g/mol. The Balaban J connectivity index is 2.13. The molecule has 1 N–H and O–H groups in total. The second kappa shape index (κ2) is 6.52. The summed E-state index contributed by atoms with van der Waals surface area (Å²) in [6.07, 6.45) is 3.82. The Hall–Kier alpha value is -0.880. The Kier molecular flexibility index (Phi) is 4.99. The first-order chi connectivity index (χ1) is 9.08. The minimum atomic E-state index is -0.0876. The van der Waals surface area contributed by atoms with Gasteiger partial charge in [-0.1, -0.05) is 13.8 Å². The summed E-state index contributed by atoms with van der Waals surface area (Å²) >= 11 is 3.37. The number of nitrogens with zero attached hydrogens (tertiary/aromatic N) is 2. The molecule has 0 aromatic carbocycles. The first-order valence-corrected chi connectivity index (χ1v) is 7.47. The van der Waals surface area contributed by atoms with Crippen molar-refractivity contribution >= 4 is 21.6 Å². The SMILES string of the molecule is CC(C)Cn1ncc(NC2CCCOC2)c(Br)c1=O. The predicted octanol–water partition coefficient (Wildman–Crippen LogP) is 2.25. The van der Waals surface area contributed by atoms with Crippen molar-refractivity contribution in [3.63, 3.8) is 0 Å². The van der Waals surface area contributed by atoms with Gasteiger partial charge in [-0.3, -0.25) is 4.79 Å². The highest BCUT2D eigenvalue weighted by Gasteiger charge is 2.16. The molecule has 1 aliphatic rings. The Morgan fingerprint density at radius 1 is 1.63 bits per heavy atom. The van der Waals surface area contributed by atoms with Crippen molar-refractivity contribution in [3.05, 3.63) is 21.0 Å². The summed E-state index contributed by atoms with van der Waals surface area (Å²) in [7, 11) is 0. The molecule has 1 aliphatic heterocycles. The second-order valence-electron chi connectivity index (χ2n) is 5.31. The van der Waals surface area contributed by atoms with Crippen LogP contribution in [-0.4, -0.2) is 29.0 Å². The lowest BCUT2D eigenvalue weighted by molar-refractivity contribution is 0.0876. The maximum Gasteiger partial charge on any atom is 0.283 e. The van der Waals surface area contributed by atoms with Crippen LogP contribution in [0.4, 0.5) is 5.69 Å². The van der Waals surface area contributed by atoms with Crippen molar-refractivity contribution < 1.29 is 4.74 Å². The maximum absolute atomic E-state index is 12.1. The second-order valence-corrected chi connectivity index (χ2v) is 6.10. The summed E-state index contributed by atoms with van der Waals surface area (Å²) < 4.78 is 7.47. The van der Waals surface area contributed by atoms with Gasteiger partial charge >= 0.3 is 0 Å². The number of hydrogen-bond donors (Lipinski definition) is 1. The molecular formula is C13H20BrN3O2. The summed E-state index contributed by atoms with van der Waals surface area (Å²) in [4.78, 5) is 12.1. The number of aromatic nitrogens is 2. The van der Waals surface area contributed by atoms with Gasteiger partial charge in [-0.15, -0.1) is 0 Å². The van der Waals surface area contributed by atoms with Gasteiger partial charge in [-0.2, -0.15) is 5.10 Å². The largest absolute Gasteiger partial charge is 0.379 e. The van der Waals surface area contributed by atoms with E-state index in [2.05, 4.69) is 40.2 Å². The molecular weight excluding hydrogens is 310 g/mol. The highest BCUT2D eigenvalue weighted by molar-refractivity contribution is 9.10. The van der Waals surface area contributed by atoms with E-state index in [0.717, 1.165) is 25.1 Å². The third-order valence-corrected chi connectivity index (χ3v) is 3.81. The minimum Gasteiger partial charge on any atom is -0.379 e. The van der Waals surface area contributed by atoms with E-state index >= 15 is 0 Å². The van der Waals surface area contributed by atoms with E-state index in [9.17, 15) is 4.79 Å². The predicted molar refractivity (Wildman–Crippen MR) is 78.5 cm³/mol. The lowest BCUT2D eigenvalue weighted by Crippen LogP contribution is -2.32. The number of ether oxygens (including phenoxy) is 1. The Bertz CT molecular complexity index is 481. The number of rotatable bonds is 4. The molecule has 5 nitrogen and oxygen atoms in total. The van der Waals surface area contributed by atoms with Crippen molar-refractivity contribution in [2.24, 2.45) is 5.92 Å². The van der Waals surface area contributed by atoms with Gasteiger partial charge in [0.05, 0.1) is 18.5 Å². The molecule has 2 rings (SSSR count). The molecule has 0 aliphatic carbocycles. The van der Waals surface area contributed by atoms with E-state index < -0.39 is 0 Å². The van der Waals surface area contributed by atoms with E-state index in [1.165, 1.54) is 4.68 Å². The van der Waals surface area contributed by atoms with Crippen molar-refractivity contribution in [2.45, 2.75) is 39.3 Å². The summed E-state index contributed by atoms with van der Waals surface area (Å²) in [5.74, 6) is 0.391. The van der Waals surface area contributed by atoms with Gasteiger partial charge in [-0.05, 0) is 34.7 Å². The van der Waals surface area contributed by atoms with Crippen LogP contribution in [0.5, 0.6) is 0 Å². The van der Waals surface area contributed by atoms with E-state index in [-0.39, 0.29) is 11.6 Å². The summed E-state index contributed by atoms with van der Waals surface area (Å²) in [6, 6.07) is 0.257. The topological polar surface area (TPSA) is 56.1 Å². The molecule has 0 spiro atoms. The highest BCUT2D eigenvalue weighted by atomic mass is 79.9. The zero-order valence-corrected chi connectivity index (χ0v) is 12.9. The third kappa shape index (κ3) is 3.79. The van der Waals surface area contributed by atoms with Crippen LogP contribution < -0.4 is 10.9 Å². The molecule has 0 radical (unpaired) electrons. The summed E-state index contributed by atoms with van der Waals surface area (Å²) in [5.41, 5.74) is 0.663. The molecule has 0 bridgehead atoms. The van der Waals surface area contributed by atoms with Crippen LogP contribution in [0.3, 0.4) is 0 Å². The molecule has 1 aromatic heterocycles. The van der Waals surface area contributed by atoms with Crippen LogP contribution in [0.2, 0.25) is 0 Å². The van der Waals surface area contributed by atoms with Crippen molar-refractivity contribution in [1.29, 1.82) is 0 Å². The fourth-order valence-electron chi connectivity index (χ4n) is 2.12. The van der Waals surface area contributed by atoms with Crippen LogP contribution in [0, 0.1) is 5.92 Å². The zero-order chi connectivity index (χ0) is 13.8. The van der Waals surface area contributed by atoms with Gasteiger partial charge in [0, 0.05) is 19.2 Å². The van der Waals surface area contributed by atoms with Gasteiger partial charge in [-0.25, -0.2) is 4.68 Å².